The third kappa shape index (κ3) is 7.62. The summed E-state index contributed by atoms with van der Waals surface area (Å²) in [6.45, 7) is 7.52. The lowest BCUT2D eigenvalue weighted by Gasteiger charge is -2.16. The molecule has 0 saturated carbocycles. The molecular formula is C31H35FN2. The van der Waals surface area contributed by atoms with Crippen LogP contribution >= 0.6 is 0 Å². The van der Waals surface area contributed by atoms with Crippen LogP contribution in [0.1, 0.15) is 73.3 Å². The van der Waals surface area contributed by atoms with Crippen LogP contribution in [0.25, 0.3) is 0 Å². The Kier molecular flexibility index (Phi) is 9.97. The molecule has 3 rings (SSSR count). The molecule has 0 fully saturated rings. The molecule has 0 saturated heterocycles. The molecule has 176 valence electrons. The second kappa shape index (κ2) is 13.4. The van der Waals surface area contributed by atoms with E-state index in [1.807, 2.05) is 36.4 Å². The van der Waals surface area contributed by atoms with Gasteiger partial charge in [-0.15, -0.1) is 11.7 Å². The minimum Gasteiger partial charge on any atom is -0.248 e. The Morgan fingerprint density at radius 1 is 0.941 bits per heavy atom. The zero-order valence-electron chi connectivity index (χ0n) is 20.3. The van der Waals surface area contributed by atoms with Gasteiger partial charge >= 0.3 is 0 Å². The average Bonchev–Trinajstić information content (AvgIpc) is 2.87. The molecule has 3 aromatic rings. The minimum atomic E-state index is -0.804. The first kappa shape index (κ1) is 25.3. The van der Waals surface area contributed by atoms with Crippen LogP contribution in [0.5, 0.6) is 0 Å². The average molecular weight is 455 g/mol. The van der Waals surface area contributed by atoms with E-state index < -0.39 is 6.17 Å². The molecular weight excluding hydrogens is 419 g/mol. The summed E-state index contributed by atoms with van der Waals surface area (Å²) in [5.74, 6) is 0.226. The van der Waals surface area contributed by atoms with Gasteiger partial charge in [-0.25, -0.2) is 4.39 Å². The van der Waals surface area contributed by atoms with Crippen molar-refractivity contribution in [2.45, 2.75) is 58.0 Å². The fourth-order valence-corrected chi connectivity index (χ4v) is 4.10. The van der Waals surface area contributed by atoms with E-state index >= 15 is 0 Å². The number of allylic oxidation sites excluding steroid dienone is 1. The minimum absolute atomic E-state index is 0.226. The number of nitrogens with zero attached hydrogens (tertiary/aromatic N) is 2. The van der Waals surface area contributed by atoms with Crippen molar-refractivity contribution in [3.05, 3.63) is 119 Å². The van der Waals surface area contributed by atoms with Crippen LogP contribution in [0.3, 0.4) is 0 Å². The Morgan fingerprint density at radius 2 is 1.62 bits per heavy atom. The van der Waals surface area contributed by atoms with E-state index in [0.29, 0.717) is 6.42 Å². The number of rotatable bonds is 12. The summed E-state index contributed by atoms with van der Waals surface area (Å²) in [7, 11) is 0. The molecule has 2 unspecified atom stereocenters. The normalized spacial score (nSPS) is 13.7. The molecule has 0 aliphatic rings. The van der Waals surface area contributed by atoms with Gasteiger partial charge in [-0.1, -0.05) is 91.9 Å². The fraction of sp³-hybridized carbons (Fsp3) is 0.290. The maximum Gasteiger partial charge on any atom is 0.100 e. The molecule has 3 heteroatoms. The lowest BCUT2D eigenvalue weighted by molar-refractivity contribution is 0.316. The summed E-state index contributed by atoms with van der Waals surface area (Å²) in [6.07, 6.45) is 7.63. The molecule has 34 heavy (non-hydrogen) atoms. The predicted molar refractivity (Wildman–Crippen MR) is 144 cm³/mol. The first-order valence-corrected chi connectivity index (χ1v) is 12.2. The van der Waals surface area contributed by atoms with E-state index in [9.17, 15) is 4.39 Å². The molecule has 0 aromatic heterocycles. The Hall–Kier alpha value is -3.33. The largest absolute Gasteiger partial charge is 0.248 e. The van der Waals surface area contributed by atoms with Gasteiger partial charge in [0.25, 0.3) is 0 Å². The van der Waals surface area contributed by atoms with Gasteiger partial charge in [0.15, 0.2) is 0 Å². The van der Waals surface area contributed by atoms with E-state index in [2.05, 4.69) is 72.2 Å². The van der Waals surface area contributed by atoms with E-state index in [-0.39, 0.29) is 5.92 Å². The van der Waals surface area contributed by atoms with Crippen molar-refractivity contribution < 1.29 is 4.39 Å². The monoisotopic (exact) mass is 454 g/mol. The van der Waals surface area contributed by atoms with E-state index in [1.54, 1.807) is 13.1 Å². The standard InChI is InChI=1S/C31H35FN2/c1-4-6-8-11-25-14-16-26(17-15-25)23-33-34-31(29-12-9-7-10-13-29)30-20-18-28(19-21-30)27(5-2)22-24(3)32/h4,7,9-10,12-21,23-24,27H,1,5-6,8,11,22H2,2-3H3. The number of hydrogen-bond donors (Lipinski definition) is 0. The van der Waals surface area contributed by atoms with Gasteiger partial charge in [-0.2, -0.15) is 5.10 Å². The predicted octanol–water partition coefficient (Wildman–Crippen LogP) is 8.31. The highest BCUT2D eigenvalue weighted by molar-refractivity contribution is 6.13. The van der Waals surface area contributed by atoms with Crippen LogP contribution in [-0.4, -0.2) is 18.1 Å². The number of aryl methyl sites for hydroxylation is 1. The van der Waals surface area contributed by atoms with Gasteiger partial charge < -0.3 is 0 Å². The summed E-state index contributed by atoms with van der Waals surface area (Å²) in [5.41, 5.74) is 6.32. The topological polar surface area (TPSA) is 24.7 Å². The maximum atomic E-state index is 13.6. The molecule has 0 spiro atoms. The lowest BCUT2D eigenvalue weighted by Crippen LogP contribution is -2.06. The second-order valence-corrected chi connectivity index (χ2v) is 8.73. The van der Waals surface area contributed by atoms with Crippen molar-refractivity contribution in [2.24, 2.45) is 10.2 Å². The van der Waals surface area contributed by atoms with Crippen molar-refractivity contribution in [1.29, 1.82) is 0 Å². The molecule has 0 aliphatic carbocycles. The van der Waals surface area contributed by atoms with Gasteiger partial charge in [0.2, 0.25) is 0 Å². The molecule has 0 amide bonds. The van der Waals surface area contributed by atoms with Crippen LogP contribution < -0.4 is 0 Å². The van der Waals surface area contributed by atoms with Crippen molar-refractivity contribution >= 4 is 11.9 Å². The van der Waals surface area contributed by atoms with Crippen LogP contribution in [-0.2, 0) is 6.42 Å². The molecule has 3 aromatic carbocycles. The smallest absolute Gasteiger partial charge is 0.100 e. The number of halogens is 1. The first-order valence-electron chi connectivity index (χ1n) is 12.2. The summed E-state index contributed by atoms with van der Waals surface area (Å²) in [6, 6.07) is 26.9. The Labute approximate surface area is 204 Å². The number of alkyl halides is 1. The second-order valence-electron chi connectivity index (χ2n) is 8.73. The van der Waals surface area contributed by atoms with E-state index in [1.165, 1.54) is 11.1 Å². The summed E-state index contributed by atoms with van der Waals surface area (Å²) >= 11 is 0. The van der Waals surface area contributed by atoms with E-state index in [4.69, 9.17) is 0 Å². The number of benzene rings is 3. The van der Waals surface area contributed by atoms with Gasteiger partial charge in [0.05, 0.1) is 12.4 Å². The quantitative estimate of drug-likeness (QED) is 0.114. The molecule has 0 N–H and O–H groups in total. The van der Waals surface area contributed by atoms with Crippen LogP contribution in [0.4, 0.5) is 4.39 Å². The maximum absolute atomic E-state index is 13.6. The molecule has 0 radical (unpaired) electrons. The van der Waals surface area contributed by atoms with Crippen molar-refractivity contribution in [2.75, 3.05) is 0 Å². The molecule has 0 heterocycles. The van der Waals surface area contributed by atoms with Gasteiger partial charge in [0, 0.05) is 11.1 Å². The SMILES string of the molecule is C=CCCCc1ccc(C=NN=C(c2ccccc2)c2ccc(C(CC)CC(C)F)cc2)cc1. The number of unbranched alkanes of at least 4 members (excludes halogenated alkanes) is 1. The van der Waals surface area contributed by atoms with Gasteiger partial charge in [0.1, 0.15) is 5.71 Å². The highest BCUT2D eigenvalue weighted by Gasteiger charge is 2.14. The molecule has 0 aliphatic heterocycles. The van der Waals surface area contributed by atoms with Gasteiger partial charge in [-0.3, -0.25) is 0 Å². The van der Waals surface area contributed by atoms with Crippen molar-refractivity contribution in [1.82, 2.24) is 0 Å². The van der Waals surface area contributed by atoms with Gasteiger partial charge in [-0.05, 0) is 61.6 Å². The first-order chi connectivity index (χ1) is 16.6. The summed E-state index contributed by atoms with van der Waals surface area (Å²) < 4.78 is 13.6. The zero-order valence-corrected chi connectivity index (χ0v) is 20.3. The summed E-state index contributed by atoms with van der Waals surface area (Å²) in [4.78, 5) is 0. The summed E-state index contributed by atoms with van der Waals surface area (Å²) in [5, 5.41) is 9.01. The zero-order chi connectivity index (χ0) is 24.2. The third-order valence-corrected chi connectivity index (χ3v) is 6.02. The van der Waals surface area contributed by atoms with Crippen molar-refractivity contribution in [3.63, 3.8) is 0 Å². The fourth-order valence-electron chi connectivity index (χ4n) is 4.10. The molecule has 2 atom stereocenters. The van der Waals surface area contributed by atoms with Crippen LogP contribution in [0.15, 0.2) is 102 Å². The Morgan fingerprint density at radius 3 is 2.24 bits per heavy atom. The lowest BCUT2D eigenvalue weighted by atomic mass is 9.90. The van der Waals surface area contributed by atoms with E-state index in [0.717, 1.165) is 48.1 Å². The van der Waals surface area contributed by atoms with Crippen LogP contribution in [0, 0.1) is 0 Å². The number of hydrogen-bond acceptors (Lipinski definition) is 2. The highest BCUT2D eigenvalue weighted by Crippen LogP contribution is 2.26. The Bertz CT molecular complexity index is 1060. The Balaban J connectivity index is 1.81. The highest BCUT2D eigenvalue weighted by atomic mass is 19.1. The molecule has 2 nitrogen and oxygen atoms in total. The third-order valence-electron chi connectivity index (χ3n) is 6.02. The van der Waals surface area contributed by atoms with Crippen LogP contribution in [0.2, 0.25) is 0 Å². The molecule has 0 bridgehead atoms. The van der Waals surface area contributed by atoms with Crippen molar-refractivity contribution in [3.8, 4) is 0 Å².